The number of esters is 2. The maximum absolute atomic E-state index is 12.4. The van der Waals surface area contributed by atoms with Gasteiger partial charge in [-0.2, -0.15) is 0 Å². The third-order valence-electron chi connectivity index (χ3n) is 4.07. The van der Waals surface area contributed by atoms with Crippen molar-refractivity contribution in [3.8, 4) is 11.3 Å². The normalized spacial score (nSPS) is 13.2. The number of hydrogen-bond acceptors (Lipinski definition) is 6. The van der Waals surface area contributed by atoms with E-state index < -0.39 is 11.9 Å². The second-order valence-electron chi connectivity index (χ2n) is 5.74. The molecule has 0 unspecified atom stereocenters. The molecule has 0 spiro atoms. The number of ether oxygens (including phenoxy) is 2. The van der Waals surface area contributed by atoms with E-state index in [0.717, 1.165) is 31.6 Å². The van der Waals surface area contributed by atoms with Gasteiger partial charge in [-0.05, 0) is 32.8 Å². The van der Waals surface area contributed by atoms with Gasteiger partial charge in [-0.25, -0.2) is 14.6 Å². The number of aryl methyl sites for hydroxylation is 1. The summed E-state index contributed by atoms with van der Waals surface area (Å²) >= 11 is 0. The maximum Gasteiger partial charge on any atom is 0.359 e. The molecule has 0 radical (unpaired) electrons. The highest BCUT2D eigenvalue weighted by molar-refractivity contribution is 5.96. The van der Waals surface area contributed by atoms with Crippen molar-refractivity contribution >= 4 is 11.9 Å². The zero-order valence-electron chi connectivity index (χ0n) is 14.4. The summed E-state index contributed by atoms with van der Waals surface area (Å²) in [5, 5.41) is 0. The van der Waals surface area contributed by atoms with Gasteiger partial charge < -0.3 is 14.0 Å². The van der Waals surface area contributed by atoms with Gasteiger partial charge in [0.15, 0.2) is 5.69 Å². The molecule has 0 aliphatic carbocycles. The number of aromatic nitrogens is 3. The highest BCUT2D eigenvalue weighted by Gasteiger charge is 2.26. The zero-order valence-corrected chi connectivity index (χ0v) is 14.4. The van der Waals surface area contributed by atoms with Crippen LogP contribution in [0.2, 0.25) is 0 Å². The average Bonchev–Trinajstić information content (AvgIpc) is 3.02. The lowest BCUT2D eigenvalue weighted by molar-refractivity contribution is 0.0514. The standard InChI is InChI=1S/C18H21N3O4/c1-3-24-17(22)13-9-12(10-19-11-13)16-15(18(23)25-4-2)20-14-7-5-6-8-21(14)16/h9-11H,3-8H2,1-2H3. The molecule has 1 aliphatic heterocycles. The lowest BCUT2D eigenvalue weighted by Crippen LogP contribution is -2.12. The van der Waals surface area contributed by atoms with Gasteiger partial charge in [0.05, 0.1) is 24.5 Å². The number of carbonyl (C=O) groups is 2. The Morgan fingerprint density at radius 3 is 2.64 bits per heavy atom. The number of rotatable bonds is 5. The van der Waals surface area contributed by atoms with Gasteiger partial charge >= 0.3 is 11.9 Å². The van der Waals surface area contributed by atoms with E-state index >= 15 is 0 Å². The first-order valence-electron chi connectivity index (χ1n) is 8.54. The van der Waals surface area contributed by atoms with Gasteiger partial charge in [0.1, 0.15) is 5.82 Å². The molecular formula is C18H21N3O4. The summed E-state index contributed by atoms with van der Waals surface area (Å²) in [5.41, 5.74) is 1.95. The Hall–Kier alpha value is -2.70. The van der Waals surface area contributed by atoms with Crippen LogP contribution in [0.4, 0.5) is 0 Å². The van der Waals surface area contributed by atoms with E-state index in [9.17, 15) is 9.59 Å². The second kappa shape index (κ2) is 7.46. The number of carbonyl (C=O) groups excluding carboxylic acids is 2. The Kier molecular flexibility index (Phi) is 5.11. The molecule has 7 heteroatoms. The molecule has 0 saturated carbocycles. The van der Waals surface area contributed by atoms with Crippen molar-refractivity contribution in [3.05, 3.63) is 35.5 Å². The maximum atomic E-state index is 12.4. The second-order valence-corrected chi connectivity index (χ2v) is 5.74. The molecule has 25 heavy (non-hydrogen) atoms. The van der Waals surface area contributed by atoms with Gasteiger partial charge in [0, 0.05) is 30.9 Å². The summed E-state index contributed by atoms with van der Waals surface area (Å²) < 4.78 is 12.2. The van der Waals surface area contributed by atoms with Gasteiger partial charge in [0.2, 0.25) is 0 Å². The van der Waals surface area contributed by atoms with Crippen LogP contribution in [-0.4, -0.2) is 39.7 Å². The van der Waals surface area contributed by atoms with E-state index in [4.69, 9.17) is 9.47 Å². The fourth-order valence-electron chi connectivity index (χ4n) is 3.01. The van der Waals surface area contributed by atoms with Crippen LogP contribution in [0.5, 0.6) is 0 Å². The molecule has 0 aromatic carbocycles. The molecule has 2 aromatic rings. The fourth-order valence-corrected chi connectivity index (χ4v) is 3.01. The van der Waals surface area contributed by atoms with Crippen LogP contribution in [0, 0.1) is 0 Å². The molecule has 2 aromatic heterocycles. The third-order valence-corrected chi connectivity index (χ3v) is 4.07. The van der Waals surface area contributed by atoms with E-state index in [2.05, 4.69) is 9.97 Å². The number of pyridine rings is 1. The topological polar surface area (TPSA) is 83.3 Å². The highest BCUT2D eigenvalue weighted by atomic mass is 16.5. The van der Waals surface area contributed by atoms with E-state index in [1.165, 1.54) is 6.20 Å². The van der Waals surface area contributed by atoms with Crippen LogP contribution in [0.1, 0.15) is 53.4 Å². The van der Waals surface area contributed by atoms with E-state index in [-0.39, 0.29) is 12.3 Å². The van der Waals surface area contributed by atoms with Gasteiger partial charge in [-0.1, -0.05) is 0 Å². The van der Waals surface area contributed by atoms with E-state index in [1.807, 2.05) is 4.57 Å². The average molecular weight is 343 g/mol. The zero-order chi connectivity index (χ0) is 17.8. The first-order chi connectivity index (χ1) is 12.2. The molecule has 0 saturated heterocycles. The molecule has 0 N–H and O–H groups in total. The van der Waals surface area contributed by atoms with E-state index in [1.54, 1.807) is 26.1 Å². The quantitative estimate of drug-likeness (QED) is 0.776. The molecule has 0 atom stereocenters. The number of imidazole rings is 1. The molecule has 0 amide bonds. The summed E-state index contributed by atoms with van der Waals surface area (Å²) in [6, 6.07) is 1.69. The minimum absolute atomic E-state index is 0.279. The smallest absolute Gasteiger partial charge is 0.359 e. The molecule has 132 valence electrons. The largest absolute Gasteiger partial charge is 0.462 e. The van der Waals surface area contributed by atoms with Crippen LogP contribution in [0.3, 0.4) is 0 Å². The molecule has 0 bridgehead atoms. The molecule has 7 nitrogen and oxygen atoms in total. The molecule has 3 rings (SSSR count). The van der Waals surface area contributed by atoms with Crippen LogP contribution >= 0.6 is 0 Å². The predicted molar refractivity (Wildman–Crippen MR) is 90.3 cm³/mol. The van der Waals surface area contributed by atoms with Crippen molar-refractivity contribution in [1.29, 1.82) is 0 Å². The van der Waals surface area contributed by atoms with Crippen molar-refractivity contribution < 1.29 is 19.1 Å². The Balaban J connectivity index is 2.09. The summed E-state index contributed by atoms with van der Waals surface area (Å²) in [7, 11) is 0. The Bertz CT molecular complexity index is 798. The first-order valence-corrected chi connectivity index (χ1v) is 8.54. The van der Waals surface area contributed by atoms with Crippen LogP contribution in [0.15, 0.2) is 18.5 Å². The van der Waals surface area contributed by atoms with Gasteiger partial charge in [-0.3, -0.25) is 4.98 Å². The predicted octanol–water partition coefficient (Wildman–Crippen LogP) is 2.63. The Labute approximate surface area is 146 Å². The van der Waals surface area contributed by atoms with Crippen LogP contribution < -0.4 is 0 Å². The summed E-state index contributed by atoms with van der Waals surface area (Å²) in [4.78, 5) is 33.0. The molecular weight excluding hydrogens is 322 g/mol. The summed E-state index contributed by atoms with van der Waals surface area (Å²) in [5.74, 6) is -0.0281. The van der Waals surface area contributed by atoms with Crippen molar-refractivity contribution in [2.24, 2.45) is 0 Å². The summed E-state index contributed by atoms with van der Waals surface area (Å²) in [6.45, 7) is 4.86. The lowest BCUT2D eigenvalue weighted by atomic mass is 10.1. The fraction of sp³-hybridized carbons (Fsp3) is 0.444. The summed E-state index contributed by atoms with van der Waals surface area (Å²) in [6.07, 6.45) is 5.96. The molecule has 3 heterocycles. The number of nitrogens with zero attached hydrogens (tertiary/aromatic N) is 3. The monoisotopic (exact) mass is 343 g/mol. The highest BCUT2D eigenvalue weighted by Crippen LogP contribution is 2.29. The van der Waals surface area contributed by atoms with E-state index in [0.29, 0.717) is 23.4 Å². The Morgan fingerprint density at radius 2 is 1.88 bits per heavy atom. The number of fused-ring (bicyclic) bond motifs is 1. The van der Waals surface area contributed by atoms with Crippen molar-refractivity contribution in [1.82, 2.24) is 14.5 Å². The van der Waals surface area contributed by atoms with Crippen molar-refractivity contribution in [2.75, 3.05) is 13.2 Å². The van der Waals surface area contributed by atoms with Crippen molar-refractivity contribution in [2.45, 2.75) is 39.7 Å². The number of hydrogen-bond donors (Lipinski definition) is 0. The van der Waals surface area contributed by atoms with Gasteiger partial charge in [-0.15, -0.1) is 0 Å². The van der Waals surface area contributed by atoms with Gasteiger partial charge in [0.25, 0.3) is 0 Å². The SMILES string of the molecule is CCOC(=O)c1cncc(-c2c(C(=O)OCC)nc3n2CCCC3)c1. The van der Waals surface area contributed by atoms with Crippen LogP contribution in [0.25, 0.3) is 11.3 Å². The first kappa shape index (κ1) is 17.1. The minimum Gasteiger partial charge on any atom is -0.462 e. The minimum atomic E-state index is -0.457. The molecule has 0 fully saturated rings. The Morgan fingerprint density at radius 1 is 1.12 bits per heavy atom. The molecule has 1 aliphatic rings. The van der Waals surface area contributed by atoms with Crippen molar-refractivity contribution in [3.63, 3.8) is 0 Å². The lowest BCUT2D eigenvalue weighted by Gasteiger charge is -2.16. The van der Waals surface area contributed by atoms with Crippen LogP contribution in [-0.2, 0) is 22.4 Å². The third kappa shape index (κ3) is 3.40.